The molecule has 2 fully saturated rings. The molecule has 10 nitrogen and oxygen atoms in total. The molecule has 2 saturated carbocycles. The third kappa shape index (κ3) is 6.58. The zero-order valence-electron chi connectivity index (χ0n) is 20.6. The van der Waals surface area contributed by atoms with E-state index in [-0.39, 0.29) is 17.8 Å². The van der Waals surface area contributed by atoms with Crippen molar-refractivity contribution in [1.82, 2.24) is 20.5 Å². The molecule has 5 N–H and O–H groups in total. The quantitative estimate of drug-likeness (QED) is 0.460. The number of carbonyl (C=O) groups excluding carboxylic acids is 2. The molecule has 0 saturated heterocycles. The SMILES string of the molecule is CC(C)(C)OC(=O)N[C@H]1CCCC[C@H]1Nc1cc(Nc2cccc(C3CCC3)n2)c(C(N)=O)nn1. The van der Waals surface area contributed by atoms with Crippen LogP contribution in [0, 0.1) is 0 Å². The van der Waals surface area contributed by atoms with Gasteiger partial charge in [-0.1, -0.05) is 25.3 Å². The number of pyridine rings is 1. The average molecular weight is 482 g/mol. The van der Waals surface area contributed by atoms with Crippen LogP contribution in [0.3, 0.4) is 0 Å². The summed E-state index contributed by atoms with van der Waals surface area (Å²) < 4.78 is 5.43. The molecule has 2 aromatic rings. The summed E-state index contributed by atoms with van der Waals surface area (Å²) in [7, 11) is 0. The molecule has 2 aliphatic rings. The Balaban J connectivity index is 1.50. The summed E-state index contributed by atoms with van der Waals surface area (Å²) in [5, 5.41) is 17.8. The van der Waals surface area contributed by atoms with Gasteiger partial charge in [0, 0.05) is 23.7 Å². The van der Waals surface area contributed by atoms with E-state index in [9.17, 15) is 9.59 Å². The third-order valence-corrected chi connectivity index (χ3v) is 6.39. The van der Waals surface area contributed by atoms with Crippen molar-refractivity contribution in [3.8, 4) is 0 Å². The van der Waals surface area contributed by atoms with E-state index in [4.69, 9.17) is 15.5 Å². The van der Waals surface area contributed by atoms with Gasteiger partial charge in [-0.3, -0.25) is 4.79 Å². The number of anilines is 3. The number of hydrogen-bond donors (Lipinski definition) is 4. The minimum atomic E-state index is -0.677. The second-order valence-corrected chi connectivity index (χ2v) is 10.3. The van der Waals surface area contributed by atoms with Gasteiger partial charge in [-0.2, -0.15) is 0 Å². The first-order valence-corrected chi connectivity index (χ1v) is 12.4. The first-order chi connectivity index (χ1) is 16.7. The summed E-state index contributed by atoms with van der Waals surface area (Å²) in [5.41, 5.74) is 6.50. The number of nitrogens with one attached hydrogen (secondary N) is 3. The van der Waals surface area contributed by atoms with Gasteiger partial charge in [-0.25, -0.2) is 9.78 Å². The standard InChI is InChI=1S/C25H35N7O3/c1-25(2,3)35-24(34)30-18-11-5-4-10-17(18)28-21-14-19(22(23(26)33)32-31-21)29-20-13-7-12-16(27-20)15-8-6-9-15/h7,12-15,17-18H,4-6,8-11H2,1-3H3,(H2,26,33)(H,30,34)(H2,27,28,29,31)/t17-,18+/m1/s1. The molecule has 188 valence electrons. The number of amides is 2. The zero-order chi connectivity index (χ0) is 25.0. The van der Waals surface area contributed by atoms with E-state index in [1.165, 1.54) is 6.42 Å². The summed E-state index contributed by atoms with van der Waals surface area (Å²) in [4.78, 5) is 29.1. The Bertz CT molecular complexity index is 1070. The minimum absolute atomic E-state index is 0.0403. The Morgan fingerprint density at radius 1 is 1.00 bits per heavy atom. The van der Waals surface area contributed by atoms with Crippen molar-refractivity contribution in [1.29, 1.82) is 0 Å². The van der Waals surface area contributed by atoms with Gasteiger partial charge < -0.3 is 26.4 Å². The highest BCUT2D eigenvalue weighted by atomic mass is 16.6. The van der Waals surface area contributed by atoms with Gasteiger partial charge in [0.15, 0.2) is 11.5 Å². The fourth-order valence-corrected chi connectivity index (χ4v) is 4.46. The largest absolute Gasteiger partial charge is 0.444 e. The maximum atomic E-state index is 12.3. The number of nitrogens with two attached hydrogens (primary N) is 1. The van der Waals surface area contributed by atoms with Gasteiger partial charge in [0.1, 0.15) is 11.4 Å². The maximum absolute atomic E-state index is 12.3. The summed E-state index contributed by atoms with van der Waals surface area (Å²) in [6.07, 6.45) is 6.80. The van der Waals surface area contributed by atoms with Crippen LogP contribution in [0.5, 0.6) is 0 Å². The molecule has 0 unspecified atom stereocenters. The summed E-state index contributed by atoms with van der Waals surface area (Å²) in [5.74, 6) is 0.915. The maximum Gasteiger partial charge on any atom is 0.407 e. The molecule has 0 aliphatic heterocycles. The summed E-state index contributed by atoms with van der Waals surface area (Å²) in [6.45, 7) is 5.51. The fourth-order valence-electron chi connectivity index (χ4n) is 4.46. The molecule has 35 heavy (non-hydrogen) atoms. The first-order valence-electron chi connectivity index (χ1n) is 12.4. The molecule has 0 spiro atoms. The molecular weight excluding hydrogens is 446 g/mol. The average Bonchev–Trinajstić information content (AvgIpc) is 2.73. The van der Waals surface area contributed by atoms with Crippen LogP contribution < -0.4 is 21.7 Å². The van der Waals surface area contributed by atoms with E-state index in [1.54, 1.807) is 6.07 Å². The van der Waals surface area contributed by atoms with E-state index in [1.807, 2.05) is 39.0 Å². The highest BCUT2D eigenvalue weighted by molar-refractivity contribution is 5.97. The Hall–Kier alpha value is -3.43. The van der Waals surface area contributed by atoms with Crippen LogP contribution in [0.25, 0.3) is 0 Å². The second-order valence-electron chi connectivity index (χ2n) is 10.3. The number of carbonyl (C=O) groups is 2. The molecule has 0 bridgehead atoms. The van der Waals surface area contributed by atoms with Crippen LogP contribution in [0.1, 0.15) is 87.8 Å². The van der Waals surface area contributed by atoms with Gasteiger partial charge in [0.2, 0.25) is 0 Å². The number of alkyl carbamates (subject to hydrolysis) is 1. The lowest BCUT2D eigenvalue weighted by Crippen LogP contribution is -2.49. The van der Waals surface area contributed by atoms with Crippen LogP contribution in [0.4, 0.5) is 22.1 Å². The van der Waals surface area contributed by atoms with Crippen LogP contribution in [-0.2, 0) is 4.74 Å². The van der Waals surface area contributed by atoms with Crippen molar-refractivity contribution >= 4 is 29.3 Å². The predicted octanol–water partition coefficient (Wildman–Crippen LogP) is 4.23. The Labute approximate surface area is 205 Å². The van der Waals surface area contributed by atoms with Gasteiger partial charge in [-0.05, 0) is 58.6 Å². The molecule has 2 aliphatic carbocycles. The van der Waals surface area contributed by atoms with Crippen LogP contribution in [-0.4, -0.2) is 44.9 Å². The van der Waals surface area contributed by atoms with Gasteiger partial charge in [0.05, 0.1) is 11.7 Å². The van der Waals surface area contributed by atoms with Crippen LogP contribution >= 0.6 is 0 Å². The Morgan fingerprint density at radius 3 is 2.40 bits per heavy atom. The van der Waals surface area contributed by atoms with Crippen molar-refractivity contribution < 1.29 is 14.3 Å². The molecule has 4 rings (SSSR count). The third-order valence-electron chi connectivity index (χ3n) is 6.39. The first kappa shape index (κ1) is 24.7. The van der Waals surface area contributed by atoms with E-state index < -0.39 is 17.6 Å². The van der Waals surface area contributed by atoms with E-state index in [2.05, 4.69) is 26.1 Å². The minimum Gasteiger partial charge on any atom is -0.444 e. The molecule has 2 aromatic heterocycles. The van der Waals surface area contributed by atoms with Gasteiger partial charge in [-0.15, -0.1) is 10.2 Å². The van der Waals surface area contributed by atoms with Crippen molar-refractivity contribution in [2.24, 2.45) is 5.73 Å². The Kier molecular flexibility index (Phi) is 7.37. The van der Waals surface area contributed by atoms with E-state index >= 15 is 0 Å². The Morgan fingerprint density at radius 2 is 1.74 bits per heavy atom. The van der Waals surface area contributed by atoms with E-state index in [0.29, 0.717) is 23.2 Å². The molecule has 0 radical (unpaired) electrons. The smallest absolute Gasteiger partial charge is 0.407 e. The lowest BCUT2D eigenvalue weighted by atomic mass is 9.83. The zero-order valence-corrected chi connectivity index (χ0v) is 20.6. The number of rotatable bonds is 7. The topological polar surface area (TPSA) is 144 Å². The fraction of sp³-hybridized carbons (Fsp3) is 0.560. The predicted molar refractivity (Wildman–Crippen MR) is 134 cm³/mol. The van der Waals surface area contributed by atoms with Crippen molar-refractivity contribution in [2.45, 2.75) is 89.3 Å². The highest BCUT2D eigenvalue weighted by Crippen LogP contribution is 2.36. The normalized spacial score (nSPS) is 20.4. The van der Waals surface area contributed by atoms with Gasteiger partial charge >= 0.3 is 6.09 Å². The molecule has 2 amide bonds. The van der Waals surface area contributed by atoms with Crippen molar-refractivity contribution in [3.63, 3.8) is 0 Å². The van der Waals surface area contributed by atoms with Crippen LogP contribution in [0.2, 0.25) is 0 Å². The summed E-state index contributed by atoms with van der Waals surface area (Å²) >= 11 is 0. The highest BCUT2D eigenvalue weighted by Gasteiger charge is 2.29. The van der Waals surface area contributed by atoms with Crippen molar-refractivity contribution in [2.75, 3.05) is 10.6 Å². The monoisotopic (exact) mass is 481 g/mol. The number of hydrogen-bond acceptors (Lipinski definition) is 8. The lowest BCUT2D eigenvalue weighted by Gasteiger charge is -2.33. The number of primary amides is 1. The number of ether oxygens (including phenoxy) is 1. The lowest BCUT2D eigenvalue weighted by molar-refractivity contribution is 0.0488. The van der Waals surface area contributed by atoms with Crippen molar-refractivity contribution in [3.05, 3.63) is 35.7 Å². The van der Waals surface area contributed by atoms with E-state index in [0.717, 1.165) is 44.2 Å². The molecule has 10 heteroatoms. The second kappa shape index (κ2) is 10.5. The number of nitrogens with zero attached hydrogens (tertiary/aromatic N) is 3. The molecule has 2 heterocycles. The molecule has 2 atom stereocenters. The molecule has 0 aromatic carbocycles. The van der Waals surface area contributed by atoms with Crippen LogP contribution in [0.15, 0.2) is 24.3 Å². The summed E-state index contributed by atoms with van der Waals surface area (Å²) in [6, 6.07) is 7.37. The molecular formula is C25H35N7O3. The number of aromatic nitrogens is 3. The van der Waals surface area contributed by atoms with Gasteiger partial charge in [0.25, 0.3) is 5.91 Å².